The van der Waals surface area contributed by atoms with Crippen LogP contribution in [0.4, 0.5) is 0 Å². The van der Waals surface area contributed by atoms with Gasteiger partial charge in [0, 0.05) is 6.54 Å². The van der Waals surface area contributed by atoms with Crippen LogP contribution in [-0.2, 0) is 17.7 Å². The highest BCUT2D eigenvalue weighted by atomic mass is 16.5. The highest BCUT2D eigenvalue weighted by molar-refractivity contribution is 5.91. The van der Waals surface area contributed by atoms with E-state index in [-0.39, 0.29) is 5.91 Å². The van der Waals surface area contributed by atoms with E-state index in [2.05, 4.69) is 27.8 Å². The lowest BCUT2D eigenvalue weighted by atomic mass is 10.1. The molecule has 2 N–H and O–H groups in total. The van der Waals surface area contributed by atoms with Crippen molar-refractivity contribution in [3.63, 3.8) is 0 Å². The van der Waals surface area contributed by atoms with E-state index in [4.69, 9.17) is 4.74 Å². The van der Waals surface area contributed by atoms with Crippen LogP contribution in [0.5, 0.6) is 0 Å². The van der Waals surface area contributed by atoms with Gasteiger partial charge >= 0.3 is 0 Å². The van der Waals surface area contributed by atoms with Crippen molar-refractivity contribution < 1.29 is 14.4 Å². The molecule has 1 aliphatic heterocycles. The van der Waals surface area contributed by atoms with Gasteiger partial charge in [-0.05, 0) is 12.0 Å². The van der Waals surface area contributed by atoms with Crippen LogP contribution >= 0.6 is 0 Å². The molecular formula is C17H24N5O2+. The number of carbonyl (C=O) groups excluding carboxylic acids is 1. The summed E-state index contributed by atoms with van der Waals surface area (Å²) in [7, 11) is 0. The van der Waals surface area contributed by atoms with E-state index < -0.39 is 0 Å². The number of aromatic nitrogens is 3. The molecule has 7 nitrogen and oxygen atoms in total. The lowest BCUT2D eigenvalue weighted by Gasteiger charge is -2.23. The molecule has 1 saturated heterocycles. The van der Waals surface area contributed by atoms with Gasteiger partial charge in [-0.3, -0.25) is 9.48 Å². The molecule has 128 valence electrons. The number of hydrogen-bond donors (Lipinski definition) is 2. The van der Waals surface area contributed by atoms with Crippen LogP contribution in [0.3, 0.4) is 0 Å². The molecule has 0 atom stereocenters. The van der Waals surface area contributed by atoms with E-state index in [0.717, 1.165) is 39.3 Å². The Morgan fingerprint density at radius 3 is 2.83 bits per heavy atom. The monoisotopic (exact) mass is 330 g/mol. The number of quaternary nitrogens is 1. The first-order valence-electron chi connectivity index (χ1n) is 8.45. The highest BCUT2D eigenvalue weighted by Crippen LogP contribution is 2.02. The van der Waals surface area contributed by atoms with Crippen molar-refractivity contribution in [3.8, 4) is 0 Å². The van der Waals surface area contributed by atoms with Crippen LogP contribution < -0.4 is 10.2 Å². The molecule has 0 spiro atoms. The summed E-state index contributed by atoms with van der Waals surface area (Å²) >= 11 is 0. The molecule has 2 heterocycles. The molecule has 1 aromatic carbocycles. The lowest BCUT2D eigenvalue weighted by Crippen LogP contribution is -3.14. The van der Waals surface area contributed by atoms with Gasteiger partial charge in [0.1, 0.15) is 13.1 Å². The second-order valence-corrected chi connectivity index (χ2v) is 5.97. The Kier molecular flexibility index (Phi) is 5.92. The summed E-state index contributed by atoms with van der Waals surface area (Å²) in [6.07, 6.45) is 2.57. The maximum Gasteiger partial charge on any atom is 0.273 e. The van der Waals surface area contributed by atoms with E-state index in [0.29, 0.717) is 18.8 Å². The van der Waals surface area contributed by atoms with Gasteiger partial charge in [0.15, 0.2) is 5.69 Å². The van der Waals surface area contributed by atoms with Crippen LogP contribution in [0.2, 0.25) is 0 Å². The summed E-state index contributed by atoms with van der Waals surface area (Å²) < 4.78 is 7.04. The second kappa shape index (κ2) is 8.56. The number of nitrogens with zero attached hydrogens (tertiary/aromatic N) is 3. The van der Waals surface area contributed by atoms with Gasteiger partial charge < -0.3 is 15.0 Å². The maximum absolute atomic E-state index is 12.1. The Morgan fingerprint density at radius 2 is 2.04 bits per heavy atom. The zero-order valence-corrected chi connectivity index (χ0v) is 13.8. The second-order valence-electron chi connectivity index (χ2n) is 5.97. The average molecular weight is 330 g/mol. The largest absolute Gasteiger partial charge is 0.370 e. The van der Waals surface area contributed by atoms with Crippen molar-refractivity contribution in [1.82, 2.24) is 20.3 Å². The summed E-state index contributed by atoms with van der Waals surface area (Å²) in [6, 6.07) is 10.2. The van der Waals surface area contributed by atoms with E-state index in [1.54, 1.807) is 10.9 Å². The van der Waals surface area contributed by atoms with Crippen LogP contribution in [0.15, 0.2) is 36.5 Å². The minimum Gasteiger partial charge on any atom is -0.370 e. The van der Waals surface area contributed by atoms with Gasteiger partial charge in [-0.1, -0.05) is 35.5 Å². The Morgan fingerprint density at radius 1 is 1.25 bits per heavy atom. The third-order valence-corrected chi connectivity index (χ3v) is 4.21. The minimum absolute atomic E-state index is 0.159. The predicted octanol–water partition coefficient (Wildman–Crippen LogP) is -0.834. The van der Waals surface area contributed by atoms with E-state index >= 15 is 0 Å². The number of carbonyl (C=O) groups is 1. The fraction of sp³-hybridized carbons (Fsp3) is 0.471. The van der Waals surface area contributed by atoms with Crippen molar-refractivity contribution in [2.45, 2.75) is 13.0 Å². The first-order chi connectivity index (χ1) is 11.8. The van der Waals surface area contributed by atoms with Gasteiger partial charge in [0.2, 0.25) is 0 Å². The molecule has 1 aromatic heterocycles. The zero-order valence-electron chi connectivity index (χ0n) is 13.8. The SMILES string of the molecule is O=C(NCC[NH+]1CCOCC1)c1cn(CCc2ccccc2)nn1. The molecule has 1 amide bonds. The van der Waals surface area contributed by atoms with E-state index in [1.807, 2.05) is 18.2 Å². The molecule has 0 aliphatic carbocycles. The number of aryl methyl sites for hydroxylation is 2. The van der Waals surface area contributed by atoms with Crippen LogP contribution in [-0.4, -0.2) is 60.3 Å². The fourth-order valence-corrected chi connectivity index (χ4v) is 2.75. The van der Waals surface area contributed by atoms with Crippen molar-refractivity contribution >= 4 is 5.91 Å². The van der Waals surface area contributed by atoms with Gasteiger partial charge in [0.25, 0.3) is 5.91 Å². The minimum atomic E-state index is -0.159. The molecular weight excluding hydrogens is 306 g/mol. The molecule has 1 fully saturated rings. The summed E-state index contributed by atoms with van der Waals surface area (Å²) in [5, 5.41) is 10.9. The van der Waals surface area contributed by atoms with Gasteiger partial charge in [0.05, 0.1) is 32.5 Å². The predicted molar refractivity (Wildman–Crippen MR) is 88.9 cm³/mol. The molecule has 0 radical (unpaired) electrons. The average Bonchev–Trinajstić information content (AvgIpc) is 3.11. The number of ether oxygens (including phenoxy) is 1. The molecule has 1 aliphatic rings. The molecule has 2 aromatic rings. The first kappa shape index (κ1) is 16.6. The van der Waals surface area contributed by atoms with Gasteiger partial charge in [-0.25, -0.2) is 0 Å². The molecule has 0 bridgehead atoms. The molecule has 0 unspecified atom stereocenters. The summed E-state index contributed by atoms with van der Waals surface area (Å²) in [5.74, 6) is -0.159. The Balaban J connectivity index is 1.41. The van der Waals surface area contributed by atoms with E-state index in [1.165, 1.54) is 10.5 Å². The van der Waals surface area contributed by atoms with Crippen molar-refractivity contribution in [1.29, 1.82) is 0 Å². The van der Waals surface area contributed by atoms with Crippen LogP contribution in [0.1, 0.15) is 16.1 Å². The number of hydrogen-bond acceptors (Lipinski definition) is 4. The number of nitrogens with one attached hydrogen (secondary N) is 2. The topological polar surface area (TPSA) is 73.5 Å². The molecule has 3 rings (SSSR count). The fourth-order valence-electron chi connectivity index (χ4n) is 2.75. The Bertz CT molecular complexity index is 637. The third-order valence-electron chi connectivity index (χ3n) is 4.21. The summed E-state index contributed by atoms with van der Waals surface area (Å²) in [5.41, 5.74) is 1.62. The maximum atomic E-state index is 12.1. The zero-order chi connectivity index (χ0) is 16.6. The molecule has 7 heteroatoms. The van der Waals surface area contributed by atoms with E-state index in [9.17, 15) is 4.79 Å². The standard InChI is InChI=1S/C17H23N5O2/c23-17(18-7-9-21-10-12-24-13-11-21)16-14-22(20-19-16)8-6-15-4-2-1-3-5-15/h1-5,14H,6-13H2,(H,18,23)/p+1. The van der Waals surface area contributed by atoms with Gasteiger partial charge in [-0.2, -0.15) is 0 Å². The van der Waals surface area contributed by atoms with Crippen molar-refractivity contribution in [3.05, 3.63) is 47.8 Å². The lowest BCUT2D eigenvalue weighted by molar-refractivity contribution is -0.906. The van der Waals surface area contributed by atoms with Crippen molar-refractivity contribution in [2.75, 3.05) is 39.4 Å². The normalized spacial score (nSPS) is 15.3. The van der Waals surface area contributed by atoms with Gasteiger partial charge in [-0.15, -0.1) is 5.10 Å². The highest BCUT2D eigenvalue weighted by Gasteiger charge is 2.15. The Hall–Kier alpha value is -2.25. The summed E-state index contributed by atoms with van der Waals surface area (Å²) in [4.78, 5) is 13.6. The van der Waals surface area contributed by atoms with Crippen LogP contribution in [0, 0.1) is 0 Å². The number of morpholine rings is 1. The first-order valence-corrected chi connectivity index (χ1v) is 8.45. The third kappa shape index (κ3) is 4.87. The Labute approximate surface area is 141 Å². The molecule has 0 saturated carbocycles. The molecule has 24 heavy (non-hydrogen) atoms. The van der Waals surface area contributed by atoms with Crippen molar-refractivity contribution in [2.24, 2.45) is 0 Å². The number of rotatable bonds is 7. The summed E-state index contributed by atoms with van der Waals surface area (Å²) in [6.45, 7) is 5.89. The smallest absolute Gasteiger partial charge is 0.273 e. The number of amides is 1. The van der Waals surface area contributed by atoms with Crippen LogP contribution in [0.25, 0.3) is 0 Å². The number of benzene rings is 1. The quantitative estimate of drug-likeness (QED) is 0.695.